The van der Waals surface area contributed by atoms with Crippen LogP contribution in [0.2, 0.25) is 5.15 Å². The molecule has 0 aliphatic carbocycles. The fraction of sp³-hybridized carbons (Fsp3) is 0.312. The summed E-state index contributed by atoms with van der Waals surface area (Å²) >= 11 is 5.80. The minimum absolute atomic E-state index is 0.00470. The van der Waals surface area contributed by atoms with Gasteiger partial charge >= 0.3 is 24.3 Å². The summed E-state index contributed by atoms with van der Waals surface area (Å²) in [5.74, 6) is -1.32. The van der Waals surface area contributed by atoms with Crippen LogP contribution in [0.25, 0.3) is 0 Å². The molecule has 6 nitrogen and oxygen atoms in total. The second-order valence-electron chi connectivity index (χ2n) is 5.65. The normalized spacial score (nSPS) is 12.0. The largest absolute Gasteiger partial charge is 0.481 e. The highest BCUT2D eigenvalue weighted by Gasteiger charge is 2.37. The highest BCUT2D eigenvalue weighted by Crippen LogP contribution is 2.39. The molecule has 0 bridgehead atoms. The van der Waals surface area contributed by atoms with Gasteiger partial charge in [0, 0.05) is 18.8 Å². The van der Waals surface area contributed by atoms with Gasteiger partial charge in [-0.05, 0) is 18.2 Å². The van der Waals surface area contributed by atoms with Crippen molar-refractivity contribution in [3.8, 4) is 6.01 Å². The van der Waals surface area contributed by atoms with Gasteiger partial charge < -0.3 is 14.7 Å². The van der Waals surface area contributed by atoms with Crippen LogP contribution in [0.3, 0.4) is 0 Å². The van der Waals surface area contributed by atoms with Crippen molar-refractivity contribution in [3.63, 3.8) is 0 Å². The average Bonchev–Trinajstić information content (AvgIpc) is 2.58. The summed E-state index contributed by atoms with van der Waals surface area (Å²) in [4.78, 5) is 19.0. The van der Waals surface area contributed by atoms with E-state index >= 15 is 0 Å². The lowest BCUT2D eigenvalue weighted by atomic mass is 10.1. The first kappa shape index (κ1) is 22.5. The molecule has 0 saturated carbocycles. The summed E-state index contributed by atoms with van der Waals surface area (Å²) < 4.78 is 83.2. The van der Waals surface area contributed by atoms with Crippen LogP contribution in [-0.2, 0) is 17.1 Å². The number of carboxylic acid groups (broad SMARTS) is 1. The fourth-order valence-corrected chi connectivity index (χ4v) is 2.29. The van der Waals surface area contributed by atoms with Crippen molar-refractivity contribution in [1.82, 2.24) is 9.97 Å². The van der Waals surface area contributed by atoms with E-state index in [-0.39, 0.29) is 36.1 Å². The van der Waals surface area contributed by atoms with E-state index < -0.39 is 35.1 Å². The van der Waals surface area contributed by atoms with Crippen LogP contribution in [0, 0.1) is 0 Å². The van der Waals surface area contributed by atoms with E-state index in [0.29, 0.717) is 12.1 Å². The Morgan fingerprint density at radius 3 is 2.10 bits per heavy atom. The number of ether oxygens (including phenoxy) is 1. The monoisotopic (exact) mass is 443 g/mol. The molecule has 0 fully saturated rings. The van der Waals surface area contributed by atoms with Crippen molar-refractivity contribution >= 4 is 29.1 Å². The summed E-state index contributed by atoms with van der Waals surface area (Å²) in [7, 11) is 1.18. The van der Waals surface area contributed by atoms with Gasteiger partial charge in [-0.3, -0.25) is 4.79 Å². The van der Waals surface area contributed by atoms with Gasteiger partial charge in [-0.15, -0.1) is 0 Å². The number of anilines is 2. The van der Waals surface area contributed by atoms with E-state index in [1.807, 2.05) is 0 Å². The molecule has 1 N–H and O–H groups in total. The number of aromatic nitrogens is 2. The van der Waals surface area contributed by atoms with Crippen LogP contribution in [0.15, 0.2) is 24.3 Å². The third-order valence-electron chi connectivity index (χ3n) is 3.51. The molecular weight excluding hydrogens is 432 g/mol. The molecule has 1 aromatic carbocycles. The topological polar surface area (TPSA) is 75.6 Å². The Hall–Kier alpha value is -2.76. The molecule has 0 aliphatic heterocycles. The Balaban J connectivity index is 2.44. The number of carbonyl (C=O) groups is 1. The number of alkyl halides is 6. The van der Waals surface area contributed by atoms with Gasteiger partial charge in [0.1, 0.15) is 17.6 Å². The molecule has 2 rings (SSSR count). The average molecular weight is 444 g/mol. The summed E-state index contributed by atoms with van der Waals surface area (Å²) in [5.41, 5.74) is -3.45. The van der Waals surface area contributed by atoms with E-state index in [2.05, 4.69) is 9.97 Å². The smallest absolute Gasteiger partial charge is 0.416 e. The predicted molar refractivity (Wildman–Crippen MR) is 89.3 cm³/mol. The predicted octanol–water partition coefficient (Wildman–Crippen LogP) is 4.79. The van der Waals surface area contributed by atoms with Gasteiger partial charge in [-0.1, -0.05) is 11.6 Å². The molecule has 2 aromatic rings. The SMILES string of the molecule is CN(c1cc(C(F)(F)F)cc(C(F)(F)F)c1)c1cc(Cl)nc(OCCC(=O)O)n1. The molecule has 1 aromatic heterocycles. The molecule has 29 heavy (non-hydrogen) atoms. The molecule has 158 valence electrons. The molecule has 0 unspecified atom stereocenters. The lowest BCUT2D eigenvalue weighted by Crippen LogP contribution is -2.17. The first-order valence-electron chi connectivity index (χ1n) is 7.70. The van der Waals surface area contributed by atoms with Crippen LogP contribution in [0.1, 0.15) is 17.5 Å². The minimum atomic E-state index is -5.01. The molecule has 0 atom stereocenters. The van der Waals surface area contributed by atoms with Crippen molar-refractivity contribution in [2.24, 2.45) is 0 Å². The standard InChI is InChI=1S/C16H12ClF6N3O3/c1-26(12-7-11(17)24-14(25-12)29-3-2-13(27)28)10-5-8(15(18,19)20)4-9(6-10)16(21,22)23/h4-7H,2-3H2,1H3,(H,27,28). The van der Waals surface area contributed by atoms with Crippen LogP contribution < -0.4 is 9.64 Å². The fourth-order valence-electron chi connectivity index (χ4n) is 2.12. The van der Waals surface area contributed by atoms with Gasteiger partial charge in [-0.2, -0.15) is 36.3 Å². The molecule has 1 heterocycles. The molecule has 13 heteroatoms. The number of nitrogens with zero attached hydrogens (tertiary/aromatic N) is 3. The molecule has 0 amide bonds. The minimum Gasteiger partial charge on any atom is -0.481 e. The second-order valence-corrected chi connectivity index (χ2v) is 6.03. The quantitative estimate of drug-likeness (QED) is 0.511. The maximum Gasteiger partial charge on any atom is 0.416 e. The first-order chi connectivity index (χ1) is 13.3. The Labute approximate surface area is 164 Å². The third-order valence-corrected chi connectivity index (χ3v) is 3.70. The van der Waals surface area contributed by atoms with Crippen molar-refractivity contribution in [3.05, 3.63) is 40.5 Å². The molecule has 0 spiro atoms. The van der Waals surface area contributed by atoms with Crippen LogP contribution in [-0.4, -0.2) is 34.7 Å². The number of hydrogen-bond acceptors (Lipinski definition) is 5. The maximum absolute atomic E-state index is 13.0. The lowest BCUT2D eigenvalue weighted by Gasteiger charge is -2.22. The lowest BCUT2D eigenvalue weighted by molar-refractivity contribution is -0.143. The second kappa shape index (κ2) is 8.31. The third kappa shape index (κ3) is 6.11. The van der Waals surface area contributed by atoms with Crippen molar-refractivity contribution in [2.45, 2.75) is 18.8 Å². The van der Waals surface area contributed by atoms with E-state index in [9.17, 15) is 31.1 Å². The van der Waals surface area contributed by atoms with Crippen LogP contribution in [0.5, 0.6) is 6.01 Å². The number of halogens is 7. The molecule has 0 radical (unpaired) electrons. The zero-order valence-electron chi connectivity index (χ0n) is 14.5. The zero-order valence-corrected chi connectivity index (χ0v) is 15.2. The van der Waals surface area contributed by atoms with Crippen LogP contribution in [0.4, 0.5) is 37.8 Å². The van der Waals surface area contributed by atoms with Gasteiger partial charge in [-0.25, -0.2) is 0 Å². The molecule has 0 saturated heterocycles. The zero-order chi connectivity index (χ0) is 22.0. The number of benzene rings is 1. The molecular formula is C16H12ClF6N3O3. The summed E-state index contributed by atoms with van der Waals surface area (Å²) in [6.07, 6.45) is -10.4. The number of rotatable bonds is 6. The van der Waals surface area contributed by atoms with Gasteiger partial charge in [0.2, 0.25) is 0 Å². The molecule has 0 aliphatic rings. The Morgan fingerprint density at radius 2 is 1.62 bits per heavy atom. The van der Waals surface area contributed by atoms with Gasteiger partial charge in [0.25, 0.3) is 0 Å². The number of aliphatic carboxylic acids is 1. The van der Waals surface area contributed by atoms with E-state index in [1.165, 1.54) is 7.05 Å². The maximum atomic E-state index is 13.0. The highest BCUT2D eigenvalue weighted by atomic mass is 35.5. The van der Waals surface area contributed by atoms with Crippen molar-refractivity contribution < 1.29 is 41.0 Å². The van der Waals surface area contributed by atoms with E-state index in [4.69, 9.17) is 21.4 Å². The van der Waals surface area contributed by atoms with Crippen molar-refractivity contribution in [2.75, 3.05) is 18.6 Å². The first-order valence-corrected chi connectivity index (χ1v) is 8.07. The van der Waals surface area contributed by atoms with Crippen molar-refractivity contribution in [1.29, 1.82) is 0 Å². The number of hydrogen-bond donors (Lipinski definition) is 1. The Bertz CT molecular complexity index is 872. The van der Waals surface area contributed by atoms with Gasteiger partial charge in [0.05, 0.1) is 17.5 Å². The Kier molecular flexibility index (Phi) is 6.46. The number of carboxylic acids is 1. The van der Waals surface area contributed by atoms with Gasteiger partial charge in [0.15, 0.2) is 0 Å². The van der Waals surface area contributed by atoms with E-state index in [1.54, 1.807) is 0 Å². The Morgan fingerprint density at radius 1 is 1.07 bits per heavy atom. The highest BCUT2D eigenvalue weighted by molar-refractivity contribution is 6.29. The van der Waals surface area contributed by atoms with E-state index in [0.717, 1.165) is 11.0 Å². The summed E-state index contributed by atoms with van der Waals surface area (Å²) in [6, 6.07) is 1.76. The summed E-state index contributed by atoms with van der Waals surface area (Å²) in [6.45, 7) is -0.319. The van der Waals surface area contributed by atoms with Crippen LogP contribution >= 0.6 is 11.6 Å². The summed E-state index contributed by atoms with van der Waals surface area (Å²) in [5, 5.41) is 8.37.